The van der Waals surface area contributed by atoms with Crippen LogP contribution in [0.2, 0.25) is 0 Å². The molecule has 0 fully saturated rings. The number of anilines is 1. The summed E-state index contributed by atoms with van der Waals surface area (Å²) < 4.78 is 48.2. The Morgan fingerprint density at radius 1 is 1.23 bits per heavy atom. The SMILES string of the molecule is CCOC(=O)C1=C(N)N(c2ccccc2C(F)(F)F)C2=C(C(=O)CC(C)(C)C2)[C@H]1c1ccc(Br)s1. The lowest BCUT2D eigenvalue weighted by atomic mass is 9.69. The zero-order chi connectivity index (χ0) is 25.7. The lowest BCUT2D eigenvalue weighted by Crippen LogP contribution is -2.44. The summed E-state index contributed by atoms with van der Waals surface area (Å²) in [4.78, 5) is 28.7. The molecule has 4 rings (SSSR count). The Hall–Kier alpha value is -2.59. The number of rotatable bonds is 4. The van der Waals surface area contributed by atoms with Gasteiger partial charge in [0.05, 0.1) is 33.1 Å². The zero-order valence-corrected chi connectivity index (χ0v) is 21.7. The zero-order valence-electron chi connectivity index (χ0n) is 19.3. The van der Waals surface area contributed by atoms with Crippen molar-refractivity contribution >= 4 is 44.7 Å². The molecule has 5 nitrogen and oxygen atoms in total. The van der Waals surface area contributed by atoms with Gasteiger partial charge in [0, 0.05) is 22.6 Å². The molecule has 0 radical (unpaired) electrons. The van der Waals surface area contributed by atoms with Crippen LogP contribution < -0.4 is 10.6 Å². The molecule has 0 spiro atoms. The van der Waals surface area contributed by atoms with Gasteiger partial charge in [-0.3, -0.25) is 9.69 Å². The maximum absolute atomic E-state index is 14.0. The number of carbonyl (C=O) groups excluding carboxylic acids is 2. The molecule has 2 aliphatic rings. The second kappa shape index (κ2) is 9.13. The first-order chi connectivity index (χ1) is 16.4. The summed E-state index contributed by atoms with van der Waals surface area (Å²) in [6.07, 6.45) is -4.18. The molecule has 0 saturated carbocycles. The van der Waals surface area contributed by atoms with Crippen LogP contribution in [-0.4, -0.2) is 18.4 Å². The average Bonchev–Trinajstić information content (AvgIpc) is 3.17. The third kappa shape index (κ3) is 4.65. The maximum Gasteiger partial charge on any atom is 0.418 e. The number of hydrogen-bond donors (Lipinski definition) is 1. The van der Waals surface area contributed by atoms with E-state index in [0.717, 1.165) is 9.85 Å². The van der Waals surface area contributed by atoms with Crippen molar-refractivity contribution in [2.24, 2.45) is 11.1 Å². The first-order valence-corrected chi connectivity index (χ1v) is 12.6. The van der Waals surface area contributed by atoms with Crippen molar-refractivity contribution in [2.75, 3.05) is 11.5 Å². The molecule has 186 valence electrons. The molecular formula is C25H24BrF3N2O3S. The van der Waals surface area contributed by atoms with Gasteiger partial charge in [0.15, 0.2) is 5.78 Å². The summed E-state index contributed by atoms with van der Waals surface area (Å²) in [5, 5.41) is 0. The van der Waals surface area contributed by atoms with E-state index in [-0.39, 0.29) is 41.5 Å². The fraction of sp³-hybridized carbons (Fsp3) is 0.360. The number of hydrogen-bond acceptors (Lipinski definition) is 6. The van der Waals surface area contributed by atoms with Gasteiger partial charge >= 0.3 is 12.1 Å². The van der Waals surface area contributed by atoms with E-state index in [1.807, 2.05) is 13.8 Å². The van der Waals surface area contributed by atoms with Crippen molar-refractivity contribution in [2.45, 2.75) is 45.7 Å². The molecule has 1 aliphatic carbocycles. The van der Waals surface area contributed by atoms with Gasteiger partial charge in [-0.25, -0.2) is 4.79 Å². The standard InChI is InChI=1S/C25H24BrF3N2O3S/c1-4-34-23(33)21-20(17-9-10-18(26)35-17)19-15(11-24(2,3)12-16(19)32)31(22(21)30)14-8-6-5-7-13(14)25(27,28)29/h5-10,20H,4,11-12,30H2,1-3H3/t20-/m1/s1. The fourth-order valence-corrected chi connectivity index (χ4v) is 6.31. The van der Waals surface area contributed by atoms with Gasteiger partial charge in [-0.1, -0.05) is 26.0 Å². The van der Waals surface area contributed by atoms with Crippen molar-refractivity contribution in [1.29, 1.82) is 0 Å². The number of carbonyl (C=O) groups is 2. The van der Waals surface area contributed by atoms with Gasteiger partial charge in [-0.15, -0.1) is 11.3 Å². The lowest BCUT2D eigenvalue weighted by Gasteiger charge is -2.44. The molecular weight excluding hydrogens is 545 g/mol. The molecule has 1 atom stereocenters. The third-order valence-corrected chi connectivity index (χ3v) is 7.77. The molecule has 0 saturated heterocycles. The number of thiophene rings is 1. The van der Waals surface area contributed by atoms with Crippen LogP contribution >= 0.6 is 27.3 Å². The number of para-hydroxylation sites is 1. The summed E-state index contributed by atoms with van der Waals surface area (Å²) >= 11 is 4.75. The summed E-state index contributed by atoms with van der Waals surface area (Å²) in [5.41, 5.74) is 5.53. The number of ketones is 1. The van der Waals surface area contributed by atoms with Crippen LogP contribution in [0.4, 0.5) is 18.9 Å². The van der Waals surface area contributed by atoms with E-state index < -0.39 is 29.0 Å². The highest BCUT2D eigenvalue weighted by Gasteiger charge is 2.48. The molecule has 0 bridgehead atoms. The number of nitrogens with zero attached hydrogens (tertiary/aromatic N) is 1. The van der Waals surface area contributed by atoms with Crippen LogP contribution in [0.15, 0.2) is 62.8 Å². The van der Waals surface area contributed by atoms with Gasteiger partial charge in [0.2, 0.25) is 0 Å². The number of halogens is 4. The third-order valence-electron chi connectivity index (χ3n) is 6.08. The largest absolute Gasteiger partial charge is 0.463 e. The number of alkyl halides is 3. The van der Waals surface area contributed by atoms with Crippen molar-refractivity contribution in [1.82, 2.24) is 0 Å². The normalized spacial score (nSPS) is 20.3. The first kappa shape index (κ1) is 25.5. The highest BCUT2D eigenvalue weighted by molar-refractivity contribution is 9.11. The predicted molar refractivity (Wildman–Crippen MR) is 132 cm³/mol. The molecule has 2 N–H and O–H groups in total. The maximum atomic E-state index is 14.0. The summed E-state index contributed by atoms with van der Waals surface area (Å²) in [5.74, 6) is -2.00. The van der Waals surface area contributed by atoms with Crippen molar-refractivity contribution < 1.29 is 27.5 Å². The Morgan fingerprint density at radius 2 is 1.91 bits per heavy atom. The summed E-state index contributed by atoms with van der Waals surface area (Å²) in [6, 6.07) is 8.60. The average molecular weight is 569 g/mol. The van der Waals surface area contributed by atoms with Gasteiger partial charge in [-0.2, -0.15) is 13.2 Å². The Bertz CT molecular complexity index is 1260. The second-order valence-electron chi connectivity index (χ2n) is 9.25. The van der Waals surface area contributed by atoms with E-state index in [4.69, 9.17) is 10.5 Å². The van der Waals surface area contributed by atoms with Crippen LogP contribution in [0, 0.1) is 5.41 Å². The number of ether oxygens (including phenoxy) is 1. The minimum atomic E-state index is -4.68. The van der Waals surface area contributed by atoms with E-state index in [1.54, 1.807) is 19.1 Å². The Morgan fingerprint density at radius 3 is 2.51 bits per heavy atom. The molecule has 2 aromatic rings. The highest BCUT2D eigenvalue weighted by atomic mass is 79.9. The van der Waals surface area contributed by atoms with Crippen molar-refractivity contribution in [3.63, 3.8) is 0 Å². The van der Waals surface area contributed by atoms with Crippen molar-refractivity contribution in [3.8, 4) is 0 Å². The van der Waals surface area contributed by atoms with E-state index in [2.05, 4.69) is 15.9 Å². The van der Waals surface area contributed by atoms with Crippen LogP contribution in [0.3, 0.4) is 0 Å². The molecule has 1 aromatic carbocycles. The Balaban J connectivity index is 2.07. The molecule has 10 heteroatoms. The number of Topliss-reactive ketones (excluding diaryl/α,β-unsaturated/α-hetero) is 1. The van der Waals surface area contributed by atoms with Gasteiger partial charge in [-0.05, 0) is 59.0 Å². The van der Waals surface area contributed by atoms with Crippen LogP contribution in [0.5, 0.6) is 0 Å². The lowest BCUT2D eigenvalue weighted by molar-refractivity contribution is -0.139. The fourth-order valence-electron chi connectivity index (χ4n) is 4.77. The van der Waals surface area contributed by atoms with Gasteiger partial charge in [0.25, 0.3) is 0 Å². The van der Waals surface area contributed by atoms with E-state index in [0.29, 0.717) is 17.0 Å². The van der Waals surface area contributed by atoms with Crippen LogP contribution in [0.25, 0.3) is 0 Å². The van der Waals surface area contributed by atoms with Crippen molar-refractivity contribution in [3.05, 3.63) is 73.3 Å². The van der Waals surface area contributed by atoms with E-state index in [1.165, 1.54) is 34.4 Å². The van der Waals surface area contributed by atoms with Gasteiger partial charge in [0.1, 0.15) is 5.82 Å². The number of esters is 1. The molecule has 1 aromatic heterocycles. The molecule has 0 unspecified atom stereocenters. The number of allylic oxidation sites excluding steroid dienone is 2. The number of nitrogens with two attached hydrogens (primary N) is 1. The molecule has 1 aliphatic heterocycles. The molecule has 2 heterocycles. The Kier molecular flexibility index (Phi) is 6.65. The number of benzene rings is 1. The highest BCUT2D eigenvalue weighted by Crippen LogP contribution is 2.53. The molecule has 35 heavy (non-hydrogen) atoms. The second-order valence-corrected chi connectivity index (χ2v) is 11.7. The minimum absolute atomic E-state index is 0.0371. The quantitative estimate of drug-likeness (QED) is 0.425. The first-order valence-electron chi connectivity index (χ1n) is 11.0. The van der Waals surface area contributed by atoms with E-state index >= 15 is 0 Å². The molecule has 0 amide bonds. The van der Waals surface area contributed by atoms with Crippen LogP contribution in [0.1, 0.15) is 50.0 Å². The summed E-state index contributed by atoms with van der Waals surface area (Å²) in [6.45, 7) is 5.45. The monoisotopic (exact) mass is 568 g/mol. The Labute approximate surface area is 213 Å². The van der Waals surface area contributed by atoms with E-state index in [9.17, 15) is 22.8 Å². The minimum Gasteiger partial charge on any atom is -0.463 e. The van der Waals surface area contributed by atoms with Gasteiger partial charge < -0.3 is 10.5 Å². The smallest absolute Gasteiger partial charge is 0.418 e. The topological polar surface area (TPSA) is 72.6 Å². The predicted octanol–water partition coefficient (Wildman–Crippen LogP) is 6.51. The summed E-state index contributed by atoms with van der Waals surface area (Å²) in [7, 11) is 0. The van der Waals surface area contributed by atoms with Crippen LogP contribution in [-0.2, 0) is 20.5 Å².